The van der Waals surface area contributed by atoms with Gasteiger partial charge in [-0.3, -0.25) is 0 Å². The van der Waals surface area contributed by atoms with E-state index in [4.69, 9.17) is 0 Å². The smallest absolute Gasteiger partial charge is 0.870 e. The van der Waals surface area contributed by atoms with Crippen LogP contribution in [0.4, 0.5) is 0 Å². The third-order valence-corrected chi connectivity index (χ3v) is 12.6. The second-order valence-electron chi connectivity index (χ2n) is 5.44. The Morgan fingerprint density at radius 1 is 0.696 bits per heavy atom. The zero-order valence-electron chi connectivity index (χ0n) is 13.3. The summed E-state index contributed by atoms with van der Waals surface area (Å²) in [5, 5.41) is 0. The van der Waals surface area contributed by atoms with Crippen molar-refractivity contribution in [3.05, 3.63) is 97.1 Å². The van der Waals surface area contributed by atoms with Crippen LogP contribution in [0.15, 0.2) is 91.5 Å². The molecule has 0 unspecified atom stereocenters. The molecule has 0 atom stereocenters. The van der Waals surface area contributed by atoms with Gasteiger partial charge in [0.1, 0.15) is 0 Å². The first-order chi connectivity index (χ1) is 10.8. The Morgan fingerprint density at radius 2 is 1.13 bits per heavy atom. The summed E-state index contributed by atoms with van der Waals surface area (Å²) in [6.07, 6.45) is 1.99. The summed E-state index contributed by atoms with van der Waals surface area (Å²) in [4.78, 5) is 0. The molecule has 0 amide bonds. The Kier molecular flexibility index (Phi) is 5.60. The van der Waals surface area contributed by atoms with Gasteiger partial charge in [-0.25, -0.2) is 0 Å². The van der Waals surface area contributed by atoms with Crippen molar-refractivity contribution in [2.75, 3.05) is 0 Å². The van der Waals surface area contributed by atoms with Gasteiger partial charge in [0.15, 0.2) is 0 Å². The van der Waals surface area contributed by atoms with E-state index in [0.29, 0.717) is 0 Å². The van der Waals surface area contributed by atoms with Crippen molar-refractivity contribution in [2.45, 2.75) is 5.71 Å². The van der Waals surface area contributed by atoms with E-state index in [1.54, 1.807) is 0 Å². The van der Waals surface area contributed by atoms with Crippen LogP contribution in [0.3, 0.4) is 0 Å². The number of rotatable bonds is 4. The van der Waals surface area contributed by atoms with E-state index in [1.165, 1.54) is 18.6 Å². The Labute approximate surface area is 141 Å². The second-order valence-corrected chi connectivity index (χ2v) is 12.8. The van der Waals surface area contributed by atoms with Crippen molar-refractivity contribution in [3.63, 3.8) is 0 Å². The van der Waals surface area contributed by atoms with Crippen molar-refractivity contribution < 1.29 is 5.48 Å². The minimum atomic E-state index is -2.45. The van der Waals surface area contributed by atoms with E-state index < -0.39 is 13.6 Å². The molecule has 1 nitrogen and oxygen atoms in total. The van der Waals surface area contributed by atoms with Crippen LogP contribution in [0.5, 0.6) is 0 Å². The maximum Gasteiger partial charge on any atom is -0.870 e. The summed E-state index contributed by atoms with van der Waals surface area (Å²) in [6.45, 7) is 4.02. The first-order valence-electron chi connectivity index (χ1n) is 7.46. The van der Waals surface area contributed by atoms with Gasteiger partial charge >= 0.3 is 135 Å². The van der Waals surface area contributed by atoms with Gasteiger partial charge in [0.05, 0.1) is 0 Å². The van der Waals surface area contributed by atoms with Crippen molar-refractivity contribution in [2.24, 2.45) is 0 Å². The molecule has 0 spiro atoms. The number of benzene rings is 3. The Morgan fingerprint density at radius 3 is 1.61 bits per heavy atom. The van der Waals surface area contributed by atoms with E-state index in [2.05, 4.69) is 97.2 Å². The molecule has 0 aliphatic carbocycles. The van der Waals surface area contributed by atoms with Crippen LogP contribution in [0.2, 0.25) is 5.71 Å². The normalized spacial score (nSPS) is 10.7. The van der Waals surface area contributed by atoms with Crippen LogP contribution in [-0.4, -0.2) is 19.0 Å². The van der Waals surface area contributed by atoms with Gasteiger partial charge < -0.3 is 5.48 Å². The van der Waals surface area contributed by atoms with E-state index in [-0.39, 0.29) is 5.48 Å². The Bertz CT molecular complexity index is 727. The fourth-order valence-corrected chi connectivity index (χ4v) is 10.2. The van der Waals surface area contributed by atoms with Crippen molar-refractivity contribution in [3.8, 4) is 0 Å². The van der Waals surface area contributed by atoms with Gasteiger partial charge in [-0.05, 0) is 0 Å². The standard InChI is InChI=1S/C21H20As.H2O/c1-3-18-12-10-11-17-21(18)22(2,19-13-6-4-7-14-19)20-15-8-5-9-16-20;/h3-17H,1H2,2H3;1H2/q+1;/p-1. The molecule has 1 N–H and O–H groups in total. The van der Waals surface area contributed by atoms with Crippen molar-refractivity contribution >= 4 is 32.7 Å². The summed E-state index contributed by atoms with van der Waals surface area (Å²) in [5.41, 5.74) is 3.72. The first-order valence-corrected chi connectivity index (χ1v) is 12.2. The monoisotopic (exact) mass is 364 g/mol. The molecule has 0 saturated carbocycles. The quantitative estimate of drug-likeness (QED) is 0.654. The fourth-order valence-electron chi connectivity index (χ4n) is 2.95. The molecule has 0 saturated heterocycles. The maximum absolute atomic E-state index is 4.02. The molecule has 0 aromatic heterocycles. The topological polar surface area (TPSA) is 30.0 Å². The average Bonchev–Trinajstić information content (AvgIpc) is 2.62. The molecule has 0 bridgehead atoms. The van der Waals surface area contributed by atoms with Crippen LogP contribution < -0.4 is 13.1 Å². The molecular weight excluding hydrogens is 343 g/mol. The van der Waals surface area contributed by atoms with E-state index >= 15 is 0 Å². The zero-order chi connectivity index (χ0) is 15.4. The van der Waals surface area contributed by atoms with Gasteiger partial charge in [-0.15, -0.1) is 0 Å². The molecule has 23 heavy (non-hydrogen) atoms. The summed E-state index contributed by atoms with van der Waals surface area (Å²) < 4.78 is 4.37. The molecule has 2 heteroatoms. The Hall–Kier alpha value is -2.08. The summed E-state index contributed by atoms with van der Waals surface area (Å²) >= 11 is -2.45. The summed E-state index contributed by atoms with van der Waals surface area (Å²) in [5.74, 6) is 0. The minimum Gasteiger partial charge on any atom is -0.870 e. The van der Waals surface area contributed by atoms with E-state index in [9.17, 15) is 0 Å². The van der Waals surface area contributed by atoms with Crippen LogP contribution in [-0.2, 0) is 0 Å². The molecule has 0 aliphatic rings. The predicted molar refractivity (Wildman–Crippen MR) is 102 cm³/mol. The van der Waals surface area contributed by atoms with Crippen molar-refractivity contribution in [1.29, 1.82) is 0 Å². The van der Waals surface area contributed by atoms with Crippen LogP contribution >= 0.6 is 0 Å². The maximum atomic E-state index is 4.02. The molecular formula is C21H21AsO. The van der Waals surface area contributed by atoms with Gasteiger partial charge in [-0.1, -0.05) is 0 Å². The van der Waals surface area contributed by atoms with Crippen LogP contribution in [0.1, 0.15) is 5.56 Å². The SMILES string of the molecule is C=Cc1ccccc1[As+](C)(c1ccccc1)c1ccccc1.[OH-]. The molecule has 0 fully saturated rings. The molecule has 3 aromatic carbocycles. The second kappa shape index (κ2) is 7.46. The van der Waals surface area contributed by atoms with Crippen LogP contribution in [0.25, 0.3) is 6.08 Å². The summed E-state index contributed by atoms with van der Waals surface area (Å²) in [7, 11) is 0. The molecule has 3 aromatic rings. The Balaban J connectivity index is 0.00000192. The van der Waals surface area contributed by atoms with Gasteiger partial charge in [-0.2, -0.15) is 0 Å². The minimum absolute atomic E-state index is 0. The summed E-state index contributed by atoms with van der Waals surface area (Å²) in [6, 6.07) is 30.6. The van der Waals surface area contributed by atoms with Crippen molar-refractivity contribution in [1.82, 2.24) is 0 Å². The van der Waals surface area contributed by atoms with E-state index in [1.807, 2.05) is 6.08 Å². The van der Waals surface area contributed by atoms with Gasteiger partial charge in [0, 0.05) is 0 Å². The fraction of sp³-hybridized carbons (Fsp3) is 0.0476. The van der Waals surface area contributed by atoms with E-state index in [0.717, 1.165) is 0 Å². The number of hydrogen-bond acceptors (Lipinski definition) is 1. The zero-order valence-corrected chi connectivity index (χ0v) is 15.1. The van der Waals surface area contributed by atoms with Gasteiger partial charge in [0.25, 0.3) is 0 Å². The third kappa shape index (κ3) is 3.17. The largest absolute Gasteiger partial charge is 0.870 e. The molecule has 0 aliphatic heterocycles. The molecule has 0 radical (unpaired) electrons. The average molecular weight is 364 g/mol. The van der Waals surface area contributed by atoms with Gasteiger partial charge in [0.2, 0.25) is 0 Å². The predicted octanol–water partition coefficient (Wildman–Crippen LogP) is 3.25. The molecule has 3 rings (SSSR count). The third-order valence-electron chi connectivity index (χ3n) is 4.18. The van der Waals surface area contributed by atoms with Crippen LogP contribution in [0, 0.1) is 0 Å². The molecule has 116 valence electrons. The molecule has 0 heterocycles. The number of hydrogen-bond donors (Lipinski definition) is 0. The first kappa shape index (κ1) is 17.3.